The van der Waals surface area contributed by atoms with Gasteiger partial charge in [0.1, 0.15) is 5.82 Å². The lowest BCUT2D eigenvalue weighted by atomic mass is 9.83. The van der Waals surface area contributed by atoms with Gasteiger partial charge in [-0.1, -0.05) is 18.2 Å². The molecule has 1 aliphatic carbocycles. The van der Waals surface area contributed by atoms with Gasteiger partial charge in [-0.3, -0.25) is 4.68 Å². The topological polar surface area (TPSA) is 63.0 Å². The molecule has 0 radical (unpaired) electrons. The van der Waals surface area contributed by atoms with Gasteiger partial charge in [-0.2, -0.15) is 5.10 Å². The Bertz CT molecular complexity index is 756. The van der Waals surface area contributed by atoms with Crippen LogP contribution in [0.5, 0.6) is 0 Å². The summed E-state index contributed by atoms with van der Waals surface area (Å²) in [6.45, 7) is 0. The third-order valence-electron chi connectivity index (χ3n) is 4.06. The number of aliphatic hydroxyl groups is 1. The van der Waals surface area contributed by atoms with Crippen LogP contribution in [0, 0.1) is 0 Å². The van der Waals surface area contributed by atoms with Gasteiger partial charge in [0.25, 0.3) is 0 Å². The predicted molar refractivity (Wildman–Crippen MR) is 81.0 cm³/mol. The van der Waals surface area contributed by atoms with E-state index in [2.05, 4.69) is 21.5 Å². The van der Waals surface area contributed by atoms with Gasteiger partial charge in [0.05, 0.1) is 23.7 Å². The third-order valence-corrected chi connectivity index (χ3v) is 4.06. The zero-order valence-electron chi connectivity index (χ0n) is 11.4. The highest BCUT2D eigenvalue weighted by atomic mass is 16.3. The minimum atomic E-state index is -0.358. The molecule has 106 valence electrons. The monoisotopic (exact) mass is 280 g/mol. The molecule has 0 bridgehead atoms. The van der Waals surface area contributed by atoms with Crippen molar-refractivity contribution in [3.8, 4) is 0 Å². The van der Waals surface area contributed by atoms with Gasteiger partial charge in [0.15, 0.2) is 0 Å². The Morgan fingerprint density at radius 1 is 1.14 bits per heavy atom. The number of benzene rings is 1. The Kier molecular flexibility index (Phi) is 2.86. The van der Waals surface area contributed by atoms with Gasteiger partial charge in [0.2, 0.25) is 0 Å². The van der Waals surface area contributed by atoms with Crippen molar-refractivity contribution in [3.63, 3.8) is 0 Å². The van der Waals surface area contributed by atoms with E-state index >= 15 is 0 Å². The van der Waals surface area contributed by atoms with Gasteiger partial charge in [0, 0.05) is 17.8 Å². The summed E-state index contributed by atoms with van der Waals surface area (Å²) in [6.07, 6.45) is 3.97. The number of nitrogens with one attached hydrogen (secondary N) is 1. The summed E-state index contributed by atoms with van der Waals surface area (Å²) in [5, 5.41) is 18.7. The molecule has 4 rings (SSSR count). The maximum atomic E-state index is 9.98. The summed E-state index contributed by atoms with van der Waals surface area (Å²) in [5.74, 6) is 0.836. The summed E-state index contributed by atoms with van der Waals surface area (Å²) in [5.41, 5.74) is 0.970. The van der Waals surface area contributed by atoms with E-state index in [0.29, 0.717) is 6.42 Å². The average Bonchev–Trinajstić information content (AvgIpc) is 3.00. The van der Waals surface area contributed by atoms with E-state index in [-0.39, 0.29) is 18.2 Å². The Morgan fingerprint density at radius 3 is 2.86 bits per heavy atom. The van der Waals surface area contributed by atoms with Gasteiger partial charge >= 0.3 is 0 Å². The second-order valence-corrected chi connectivity index (χ2v) is 5.42. The van der Waals surface area contributed by atoms with Crippen LogP contribution in [0.3, 0.4) is 0 Å². The molecule has 1 fully saturated rings. The molecule has 5 heteroatoms. The number of nitrogens with zero attached hydrogens (tertiary/aromatic N) is 3. The van der Waals surface area contributed by atoms with Crippen molar-refractivity contribution in [3.05, 3.63) is 54.9 Å². The van der Waals surface area contributed by atoms with E-state index in [0.717, 1.165) is 16.7 Å². The van der Waals surface area contributed by atoms with Crippen LogP contribution >= 0.6 is 0 Å². The van der Waals surface area contributed by atoms with E-state index in [1.807, 2.05) is 47.3 Å². The van der Waals surface area contributed by atoms with E-state index in [4.69, 9.17) is 0 Å². The fraction of sp³-hybridized carbons (Fsp3) is 0.250. The number of hydrogen-bond donors (Lipinski definition) is 2. The van der Waals surface area contributed by atoms with Gasteiger partial charge in [-0.05, 0) is 30.7 Å². The lowest BCUT2D eigenvalue weighted by molar-refractivity contribution is 0.0133. The molecule has 3 aromatic rings. The number of fused-ring (bicyclic) bond motifs is 1. The maximum absolute atomic E-state index is 9.98. The second-order valence-electron chi connectivity index (χ2n) is 5.42. The third kappa shape index (κ3) is 2.15. The van der Waals surface area contributed by atoms with Crippen LogP contribution < -0.4 is 5.32 Å². The zero-order valence-corrected chi connectivity index (χ0v) is 11.4. The number of anilines is 1. The smallest absolute Gasteiger partial charge is 0.126 e. The number of rotatable bonds is 3. The molecular formula is C16H16N4O. The van der Waals surface area contributed by atoms with E-state index in [9.17, 15) is 5.11 Å². The molecule has 21 heavy (non-hydrogen) atoms. The first-order chi connectivity index (χ1) is 10.3. The first-order valence-electron chi connectivity index (χ1n) is 7.11. The molecular weight excluding hydrogens is 264 g/mol. The van der Waals surface area contributed by atoms with Crippen LogP contribution in [-0.4, -0.2) is 32.0 Å². The SMILES string of the molecule is O[C@@H]1C[C@H](Nc2ccc3ccccc3n2)[C@H]1n1cccn1. The summed E-state index contributed by atoms with van der Waals surface area (Å²) in [4.78, 5) is 4.62. The number of aromatic nitrogens is 3. The predicted octanol–water partition coefficient (Wildman–Crippen LogP) is 2.22. The molecule has 1 aliphatic rings. The first kappa shape index (κ1) is 12.3. The van der Waals surface area contributed by atoms with Crippen molar-refractivity contribution in [2.45, 2.75) is 24.6 Å². The minimum absolute atomic E-state index is 0.0340. The normalized spacial score (nSPS) is 24.7. The van der Waals surface area contributed by atoms with Crippen LogP contribution in [0.1, 0.15) is 12.5 Å². The fourth-order valence-electron chi connectivity index (χ4n) is 2.91. The number of hydrogen-bond acceptors (Lipinski definition) is 4. The van der Waals surface area contributed by atoms with Crippen molar-refractivity contribution in [2.75, 3.05) is 5.32 Å². The number of pyridine rings is 1. The number of aliphatic hydroxyl groups excluding tert-OH is 1. The molecule has 5 nitrogen and oxygen atoms in total. The molecule has 0 spiro atoms. The van der Waals surface area contributed by atoms with Gasteiger partial charge < -0.3 is 10.4 Å². The molecule has 0 saturated heterocycles. The molecule has 3 atom stereocenters. The molecule has 2 heterocycles. The first-order valence-corrected chi connectivity index (χ1v) is 7.11. The second kappa shape index (κ2) is 4.86. The Balaban J connectivity index is 1.57. The molecule has 0 aliphatic heterocycles. The van der Waals surface area contributed by atoms with Crippen LogP contribution in [0.15, 0.2) is 54.9 Å². The lowest BCUT2D eigenvalue weighted by Gasteiger charge is -2.42. The van der Waals surface area contributed by atoms with Crippen molar-refractivity contribution < 1.29 is 5.11 Å². The Hall–Kier alpha value is -2.40. The summed E-state index contributed by atoms with van der Waals surface area (Å²) >= 11 is 0. The van der Waals surface area contributed by atoms with Crippen LogP contribution in [-0.2, 0) is 0 Å². The molecule has 2 aromatic heterocycles. The van der Waals surface area contributed by atoms with Crippen molar-refractivity contribution in [1.82, 2.24) is 14.8 Å². The van der Waals surface area contributed by atoms with Gasteiger partial charge in [-0.15, -0.1) is 0 Å². The zero-order chi connectivity index (χ0) is 14.2. The molecule has 1 saturated carbocycles. The standard InChI is InChI=1S/C16H16N4O/c21-14-10-13(16(14)20-9-3-8-17-20)19-15-7-6-11-4-1-2-5-12(11)18-15/h1-9,13-14,16,21H,10H2,(H,18,19)/t13-,14+,16+/m0/s1. The van der Waals surface area contributed by atoms with E-state index < -0.39 is 0 Å². The largest absolute Gasteiger partial charge is 0.391 e. The lowest BCUT2D eigenvalue weighted by Crippen LogP contribution is -2.51. The highest BCUT2D eigenvalue weighted by Crippen LogP contribution is 2.34. The maximum Gasteiger partial charge on any atom is 0.126 e. The molecule has 1 aromatic carbocycles. The van der Waals surface area contributed by atoms with Gasteiger partial charge in [-0.25, -0.2) is 4.98 Å². The Labute approximate surface area is 122 Å². The minimum Gasteiger partial charge on any atom is -0.391 e. The van der Waals surface area contributed by atoms with Crippen molar-refractivity contribution in [2.24, 2.45) is 0 Å². The summed E-state index contributed by atoms with van der Waals surface area (Å²) in [7, 11) is 0. The van der Waals surface area contributed by atoms with Crippen molar-refractivity contribution in [1.29, 1.82) is 0 Å². The van der Waals surface area contributed by atoms with Crippen LogP contribution in [0.25, 0.3) is 10.9 Å². The van der Waals surface area contributed by atoms with Crippen LogP contribution in [0.2, 0.25) is 0 Å². The summed E-state index contributed by atoms with van der Waals surface area (Å²) < 4.78 is 1.81. The number of para-hydroxylation sites is 1. The van der Waals surface area contributed by atoms with Crippen molar-refractivity contribution >= 4 is 16.7 Å². The van der Waals surface area contributed by atoms with E-state index in [1.165, 1.54) is 0 Å². The van der Waals surface area contributed by atoms with E-state index in [1.54, 1.807) is 6.20 Å². The molecule has 0 amide bonds. The quantitative estimate of drug-likeness (QED) is 0.772. The van der Waals surface area contributed by atoms with Crippen LogP contribution in [0.4, 0.5) is 5.82 Å². The summed E-state index contributed by atoms with van der Waals surface area (Å²) in [6, 6.07) is 14.1. The highest BCUT2D eigenvalue weighted by molar-refractivity contribution is 5.80. The molecule has 2 N–H and O–H groups in total. The average molecular weight is 280 g/mol. The highest BCUT2D eigenvalue weighted by Gasteiger charge is 2.41. The Morgan fingerprint density at radius 2 is 2.05 bits per heavy atom. The fourth-order valence-corrected chi connectivity index (χ4v) is 2.91. The molecule has 0 unspecified atom stereocenters.